The molecule has 2 heterocycles. The zero-order chi connectivity index (χ0) is 13.8. The van der Waals surface area contributed by atoms with Crippen molar-refractivity contribution in [2.24, 2.45) is 11.8 Å². The van der Waals surface area contributed by atoms with Crippen LogP contribution in [0.2, 0.25) is 0 Å². The summed E-state index contributed by atoms with van der Waals surface area (Å²) in [4.78, 5) is 12.1. The Bertz CT molecular complexity index is 306. The Hall–Kier alpha value is -0.610. The first-order valence-electron chi connectivity index (χ1n) is 7.66. The number of ether oxygens (including phenoxy) is 2. The molecule has 0 aromatic heterocycles. The highest BCUT2D eigenvalue weighted by molar-refractivity contribution is 5.81. The minimum Gasteiger partial charge on any atom is -0.378 e. The zero-order valence-corrected chi connectivity index (χ0v) is 12.4. The molecule has 2 aliphatic rings. The molecule has 0 radical (unpaired) electrons. The van der Waals surface area contributed by atoms with E-state index in [1.165, 1.54) is 0 Å². The molecule has 2 fully saturated rings. The van der Waals surface area contributed by atoms with E-state index in [0.29, 0.717) is 11.8 Å². The third kappa shape index (κ3) is 3.69. The molecule has 2 aliphatic heterocycles. The van der Waals surface area contributed by atoms with Gasteiger partial charge in [0.1, 0.15) is 6.10 Å². The summed E-state index contributed by atoms with van der Waals surface area (Å²) in [5.74, 6) is 1.02. The number of carbonyl (C=O) groups excluding carboxylic acids is 1. The van der Waals surface area contributed by atoms with Crippen LogP contribution in [0.3, 0.4) is 0 Å². The first kappa shape index (κ1) is 14.8. The van der Waals surface area contributed by atoms with Crippen molar-refractivity contribution >= 4 is 5.91 Å². The van der Waals surface area contributed by atoms with Gasteiger partial charge in [0.2, 0.25) is 5.91 Å². The van der Waals surface area contributed by atoms with Crippen LogP contribution in [-0.2, 0) is 14.3 Å². The van der Waals surface area contributed by atoms with E-state index in [1.54, 1.807) is 0 Å². The van der Waals surface area contributed by atoms with E-state index in [2.05, 4.69) is 26.1 Å². The third-order valence-electron chi connectivity index (χ3n) is 4.31. The Balaban J connectivity index is 1.74. The van der Waals surface area contributed by atoms with Crippen molar-refractivity contribution in [1.29, 1.82) is 0 Å². The van der Waals surface area contributed by atoms with E-state index < -0.39 is 0 Å². The highest BCUT2D eigenvalue weighted by Gasteiger charge is 2.33. The quantitative estimate of drug-likeness (QED) is 0.831. The average molecular weight is 269 g/mol. The van der Waals surface area contributed by atoms with Crippen molar-refractivity contribution in [3.63, 3.8) is 0 Å². The van der Waals surface area contributed by atoms with Crippen LogP contribution in [0.25, 0.3) is 0 Å². The molecule has 1 amide bonds. The number of hydrogen-bond acceptors (Lipinski definition) is 3. The molecule has 4 nitrogen and oxygen atoms in total. The topological polar surface area (TPSA) is 47.6 Å². The van der Waals surface area contributed by atoms with Crippen molar-refractivity contribution < 1.29 is 14.3 Å². The lowest BCUT2D eigenvalue weighted by Crippen LogP contribution is -2.40. The van der Waals surface area contributed by atoms with Gasteiger partial charge in [0.25, 0.3) is 0 Å². The van der Waals surface area contributed by atoms with Gasteiger partial charge in [0.15, 0.2) is 0 Å². The minimum atomic E-state index is -0.232. The van der Waals surface area contributed by atoms with E-state index in [-0.39, 0.29) is 24.2 Å². The molecule has 2 saturated heterocycles. The van der Waals surface area contributed by atoms with Crippen molar-refractivity contribution in [3.8, 4) is 0 Å². The molecule has 19 heavy (non-hydrogen) atoms. The fourth-order valence-electron chi connectivity index (χ4n) is 3.16. The average Bonchev–Trinajstić information content (AvgIpc) is 3.04. The van der Waals surface area contributed by atoms with Crippen molar-refractivity contribution in [2.75, 3.05) is 13.2 Å². The lowest BCUT2D eigenvalue weighted by atomic mass is 9.93. The second-order valence-electron chi connectivity index (χ2n) is 6.11. The Morgan fingerprint density at radius 2 is 2.11 bits per heavy atom. The molecule has 0 aromatic rings. The van der Waals surface area contributed by atoms with Gasteiger partial charge in [-0.3, -0.25) is 4.79 Å². The maximum atomic E-state index is 12.1. The van der Waals surface area contributed by atoms with Crippen LogP contribution in [0.4, 0.5) is 0 Å². The first-order chi connectivity index (χ1) is 9.11. The van der Waals surface area contributed by atoms with E-state index in [1.807, 2.05) is 0 Å². The zero-order valence-electron chi connectivity index (χ0n) is 12.4. The van der Waals surface area contributed by atoms with Crippen LogP contribution in [-0.4, -0.2) is 37.4 Å². The molecule has 0 unspecified atom stereocenters. The van der Waals surface area contributed by atoms with Crippen LogP contribution in [0.5, 0.6) is 0 Å². The largest absolute Gasteiger partial charge is 0.378 e. The molecule has 0 aliphatic carbocycles. The minimum absolute atomic E-state index is 0.0605. The van der Waals surface area contributed by atoms with Gasteiger partial charge < -0.3 is 14.8 Å². The number of carbonyl (C=O) groups is 1. The van der Waals surface area contributed by atoms with Gasteiger partial charge in [-0.2, -0.15) is 0 Å². The fourth-order valence-corrected chi connectivity index (χ4v) is 3.16. The number of hydrogen-bond donors (Lipinski definition) is 1. The number of nitrogens with one attached hydrogen (secondary N) is 1. The molecule has 0 spiro atoms. The summed E-state index contributed by atoms with van der Waals surface area (Å²) in [6.45, 7) is 8.00. The molecule has 110 valence electrons. The van der Waals surface area contributed by atoms with Gasteiger partial charge in [-0.05, 0) is 31.6 Å². The SMILES string of the molecule is CC[C@@H]1CC[C@H](C(=O)NC[C@H]2CCO[C@@H]2C(C)C)O1. The van der Waals surface area contributed by atoms with Crippen LogP contribution < -0.4 is 5.32 Å². The van der Waals surface area contributed by atoms with Gasteiger partial charge in [-0.1, -0.05) is 20.8 Å². The molecule has 4 heteroatoms. The summed E-state index contributed by atoms with van der Waals surface area (Å²) in [7, 11) is 0. The van der Waals surface area contributed by atoms with Gasteiger partial charge in [-0.15, -0.1) is 0 Å². The maximum Gasteiger partial charge on any atom is 0.249 e. The third-order valence-corrected chi connectivity index (χ3v) is 4.31. The van der Waals surface area contributed by atoms with Crippen molar-refractivity contribution in [3.05, 3.63) is 0 Å². The number of amides is 1. The molecule has 0 bridgehead atoms. The van der Waals surface area contributed by atoms with E-state index in [0.717, 1.165) is 38.8 Å². The summed E-state index contributed by atoms with van der Waals surface area (Å²) in [5.41, 5.74) is 0. The summed E-state index contributed by atoms with van der Waals surface area (Å²) in [5, 5.41) is 3.05. The van der Waals surface area contributed by atoms with Crippen LogP contribution in [0.15, 0.2) is 0 Å². The summed E-state index contributed by atoms with van der Waals surface area (Å²) < 4.78 is 11.5. The predicted octanol–water partition coefficient (Wildman–Crippen LogP) is 2.12. The maximum absolute atomic E-state index is 12.1. The van der Waals surface area contributed by atoms with Gasteiger partial charge in [-0.25, -0.2) is 0 Å². The molecular formula is C15H27NO3. The Labute approximate surface area is 116 Å². The second-order valence-corrected chi connectivity index (χ2v) is 6.11. The first-order valence-corrected chi connectivity index (χ1v) is 7.66. The van der Waals surface area contributed by atoms with Crippen LogP contribution >= 0.6 is 0 Å². The lowest BCUT2D eigenvalue weighted by Gasteiger charge is -2.23. The fraction of sp³-hybridized carbons (Fsp3) is 0.933. The summed E-state index contributed by atoms with van der Waals surface area (Å²) in [6.07, 6.45) is 4.24. The van der Waals surface area contributed by atoms with Gasteiger partial charge >= 0.3 is 0 Å². The van der Waals surface area contributed by atoms with Crippen molar-refractivity contribution in [2.45, 2.75) is 64.8 Å². The molecule has 4 atom stereocenters. The second kappa shape index (κ2) is 6.71. The normalized spacial score (nSPS) is 34.9. The molecule has 1 N–H and O–H groups in total. The monoisotopic (exact) mass is 269 g/mol. The smallest absolute Gasteiger partial charge is 0.249 e. The Morgan fingerprint density at radius 1 is 1.32 bits per heavy atom. The van der Waals surface area contributed by atoms with E-state index in [4.69, 9.17) is 9.47 Å². The Morgan fingerprint density at radius 3 is 2.74 bits per heavy atom. The molecule has 2 rings (SSSR count). The highest BCUT2D eigenvalue weighted by Crippen LogP contribution is 2.26. The lowest BCUT2D eigenvalue weighted by molar-refractivity contribution is -0.132. The molecule has 0 saturated carbocycles. The summed E-state index contributed by atoms with van der Waals surface area (Å²) in [6, 6.07) is 0. The van der Waals surface area contributed by atoms with Crippen molar-refractivity contribution in [1.82, 2.24) is 5.32 Å². The predicted molar refractivity (Wildman–Crippen MR) is 73.9 cm³/mol. The van der Waals surface area contributed by atoms with Crippen LogP contribution in [0.1, 0.15) is 46.5 Å². The summed E-state index contributed by atoms with van der Waals surface area (Å²) >= 11 is 0. The highest BCUT2D eigenvalue weighted by atomic mass is 16.5. The van der Waals surface area contributed by atoms with Gasteiger partial charge in [0, 0.05) is 19.1 Å². The van der Waals surface area contributed by atoms with E-state index in [9.17, 15) is 4.79 Å². The Kier molecular flexibility index (Phi) is 5.22. The van der Waals surface area contributed by atoms with E-state index >= 15 is 0 Å². The molecule has 0 aromatic carbocycles. The number of rotatable bonds is 5. The van der Waals surface area contributed by atoms with Gasteiger partial charge in [0.05, 0.1) is 12.2 Å². The molecular weight excluding hydrogens is 242 g/mol. The van der Waals surface area contributed by atoms with Crippen LogP contribution in [0, 0.1) is 11.8 Å². The standard InChI is InChI=1S/C15H27NO3/c1-4-12-5-6-13(19-12)15(17)16-9-11-7-8-18-14(11)10(2)3/h10-14H,4-9H2,1-3H3,(H,16,17)/t11-,12-,13-,14-/m1/s1.